The minimum Gasteiger partial charge on any atom is -0.394 e. The number of hydrogen-bond acceptors (Lipinski definition) is 3. The molecule has 1 unspecified atom stereocenters. The number of hydrogen-bond donors (Lipinski definition) is 1. The predicted octanol–water partition coefficient (Wildman–Crippen LogP) is 1.68. The van der Waals surface area contributed by atoms with Gasteiger partial charge in [0.1, 0.15) is 0 Å². The Bertz CT molecular complexity index is 394. The van der Waals surface area contributed by atoms with Gasteiger partial charge in [-0.25, -0.2) is 13.2 Å². The average Bonchev–Trinajstić information content (AvgIpc) is 2.26. The molecular weight excluding hydrogens is 223 g/mol. The molecule has 6 heteroatoms. The van der Waals surface area contributed by atoms with Crippen molar-refractivity contribution in [3.8, 4) is 6.07 Å². The SMILES string of the molecule is N#CC(OCCO)c1cc(F)c(F)c(F)c1. The summed E-state index contributed by atoms with van der Waals surface area (Å²) in [6.07, 6.45) is -1.24. The van der Waals surface area contributed by atoms with Crippen LogP contribution < -0.4 is 0 Å². The highest BCUT2D eigenvalue weighted by Crippen LogP contribution is 2.21. The molecule has 0 fully saturated rings. The van der Waals surface area contributed by atoms with Gasteiger partial charge < -0.3 is 9.84 Å². The molecule has 86 valence electrons. The fourth-order valence-electron chi connectivity index (χ4n) is 1.11. The van der Waals surface area contributed by atoms with Crippen LogP contribution in [0.1, 0.15) is 11.7 Å². The number of nitrogens with zero attached hydrogens (tertiary/aromatic N) is 1. The molecule has 0 amide bonds. The van der Waals surface area contributed by atoms with E-state index in [2.05, 4.69) is 0 Å². The lowest BCUT2D eigenvalue weighted by Crippen LogP contribution is -2.07. The fourth-order valence-corrected chi connectivity index (χ4v) is 1.11. The van der Waals surface area contributed by atoms with Crippen LogP contribution in [0.2, 0.25) is 0 Å². The molecule has 0 spiro atoms. The van der Waals surface area contributed by atoms with E-state index in [0.717, 1.165) is 0 Å². The third-order valence-electron chi connectivity index (χ3n) is 1.80. The molecule has 1 N–H and O–H groups in total. The lowest BCUT2D eigenvalue weighted by atomic mass is 10.1. The number of aliphatic hydroxyl groups excluding tert-OH is 1. The van der Waals surface area contributed by atoms with Gasteiger partial charge in [0, 0.05) is 5.56 Å². The molecule has 1 aromatic carbocycles. The first-order valence-corrected chi connectivity index (χ1v) is 4.36. The summed E-state index contributed by atoms with van der Waals surface area (Å²) in [6.45, 7) is -0.483. The van der Waals surface area contributed by atoms with Gasteiger partial charge >= 0.3 is 0 Å². The summed E-state index contributed by atoms with van der Waals surface area (Å²) in [5, 5.41) is 17.1. The Balaban J connectivity index is 2.98. The summed E-state index contributed by atoms with van der Waals surface area (Å²) < 4.78 is 43.1. The monoisotopic (exact) mass is 231 g/mol. The highest BCUT2D eigenvalue weighted by atomic mass is 19.2. The van der Waals surface area contributed by atoms with Crippen molar-refractivity contribution in [2.45, 2.75) is 6.10 Å². The predicted molar refractivity (Wildman–Crippen MR) is 47.7 cm³/mol. The molecule has 1 atom stereocenters. The Kier molecular flexibility index (Phi) is 4.28. The van der Waals surface area contributed by atoms with E-state index in [1.165, 1.54) is 0 Å². The van der Waals surface area contributed by atoms with Crippen molar-refractivity contribution in [2.24, 2.45) is 0 Å². The number of halogens is 3. The van der Waals surface area contributed by atoms with E-state index in [1.807, 2.05) is 0 Å². The van der Waals surface area contributed by atoms with Gasteiger partial charge in [-0.1, -0.05) is 0 Å². The van der Waals surface area contributed by atoms with Crippen molar-refractivity contribution < 1.29 is 23.0 Å². The van der Waals surface area contributed by atoms with Gasteiger partial charge in [-0.3, -0.25) is 0 Å². The zero-order valence-electron chi connectivity index (χ0n) is 8.08. The Morgan fingerprint density at radius 3 is 2.31 bits per heavy atom. The maximum absolute atomic E-state index is 12.8. The first-order chi connectivity index (χ1) is 7.60. The van der Waals surface area contributed by atoms with Crippen molar-refractivity contribution in [1.29, 1.82) is 5.26 Å². The first-order valence-electron chi connectivity index (χ1n) is 4.36. The van der Waals surface area contributed by atoms with Crippen LogP contribution >= 0.6 is 0 Å². The van der Waals surface area contributed by atoms with Crippen molar-refractivity contribution in [2.75, 3.05) is 13.2 Å². The number of nitriles is 1. The van der Waals surface area contributed by atoms with Crippen molar-refractivity contribution in [3.63, 3.8) is 0 Å². The summed E-state index contributed by atoms with van der Waals surface area (Å²) in [6, 6.07) is 3.01. The van der Waals surface area contributed by atoms with Gasteiger partial charge in [0.15, 0.2) is 23.6 Å². The molecular formula is C10H8F3NO2. The van der Waals surface area contributed by atoms with E-state index in [1.54, 1.807) is 6.07 Å². The first kappa shape index (κ1) is 12.5. The zero-order valence-corrected chi connectivity index (χ0v) is 8.08. The largest absolute Gasteiger partial charge is 0.394 e. The van der Waals surface area contributed by atoms with Crippen LogP contribution in [-0.2, 0) is 4.74 Å². The highest BCUT2D eigenvalue weighted by molar-refractivity contribution is 5.25. The molecule has 0 aliphatic carbocycles. The topological polar surface area (TPSA) is 53.2 Å². The summed E-state index contributed by atoms with van der Waals surface area (Å²) in [7, 11) is 0. The maximum atomic E-state index is 12.8. The number of ether oxygens (including phenoxy) is 1. The third-order valence-corrected chi connectivity index (χ3v) is 1.80. The van der Waals surface area contributed by atoms with Crippen LogP contribution in [0.5, 0.6) is 0 Å². The Morgan fingerprint density at radius 1 is 1.31 bits per heavy atom. The number of aliphatic hydroxyl groups is 1. The van der Waals surface area contributed by atoms with Crippen molar-refractivity contribution in [3.05, 3.63) is 35.1 Å². The van der Waals surface area contributed by atoms with E-state index < -0.39 is 23.6 Å². The lowest BCUT2D eigenvalue weighted by Gasteiger charge is -2.10. The third kappa shape index (κ3) is 2.72. The van der Waals surface area contributed by atoms with Crippen molar-refractivity contribution in [1.82, 2.24) is 0 Å². The average molecular weight is 231 g/mol. The maximum Gasteiger partial charge on any atom is 0.194 e. The molecule has 0 heterocycles. The van der Waals surface area contributed by atoms with Gasteiger partial charge in [0.25, 0.3) is 0 Å². The Labute approximate surface area is 89.7 Å². The number of benzene rings is 1. The van der Waals surface area contributed by atoms with E-state index in [9.17, 15) is 13.2 Å². The van der Waals surface area contributed by atoms with Crippen LogP contribution in [0.3, 0.4) is 0 Å². The van der Waals surface area contributed by atoms with Crippen molar-refractivity contribution >= 4 is 0 Å². The molecule has 0 bridgehead atoms. The molecule has 0 aliphatic heterocycles. The molecule has 0 saturated carbocycles. The summed E-state index contributed by atoms with van der Waals surface area (Å²) in [5.74, 6) is -4.37. The normalized spacial score (nSPS) is 12.2. The molecule has 16 heavy (non-hydrogen) atoms. The van der Waals surface area contributed by atoms with Crippen LogP contribution in [-0.4, -0.2) is 18.3 Å². The Morgan fingerprint density at radius 2 is 1.88 bits per heavy atom. The molecule has 1 rings (SSSR count). The summed E-state index contributed by atoms with van der Waals surface area (Å²) >= 11 is 0. The van der Waals surface area contributed by atoms with Gasteiger partial charge in [-0.05, 0) is 12.1 Å². The second-order valence-corrected chi connectivity index (χ2v) is 2.90. The molecule has 0 saturated heterocycles. The standard InChI is InChI=1S/C10H8F3NO2/c11-7-3-6(4-8(12)10(7)13)9(5-14)16-2-1-15/h3-4,9,15H,1-2H2. The van der Waals surface area contributed by atoms with Crippen LogP contribution in [0.4, 0.5) is 13.2 Å². The smallest absolute Gasteiger partial charge is 0.194 e. The van der Waals surface area contributed by atoms with Gasteiger partial charge in [-0.2, -0.15) is 5.26 Å². The fraction of sp³-hybridized carbons (Fsp3) is 0.300. The minimum atomic E-state index is -1.59. The van der Waals surface area contributed by atoms with Crippen LogP contribution in [0.25, 0.3) is 0 Å². The highest BCUT2D eigenvalue weighted by Gasteiger charge is 2.17. The molecule has 0 aromatic heterocycles. The Hall–Kier alpha value is -1.58. The summed E-state index contributed by atoms with van der Waals surface area (Å²) in [5.41, 5.74) is -0.132. The van der Waals surface area contributed by atoms with Gasteiger partial charge in [0.2, 0.25) is 0 Å². The van der Waals surface area contributed by atoms with Gasteiger partial charge in [0.05, 0.1) is 19.3 Å². The second kappa shape index (κ2) is 5.49. The molecule has 1 aromatic rings. The zero-order chi connectivity index (χ0) is 12.1. The summed E-state index contributed by atoms with van der Waals surface area (Å²) in [4.78, 5) is 0. The van der Waals surface area contributed by atoms with Gasteiger partial charge in [-0.15, -0.1) is 0 Å². The number of rotatable bonds is 4. The van der Waals surface area contributed by atoms with Crippen LogP contribution in [0, 0.1) is 28.8 Å². The van der Waals surface area contributed by atoms with E-state index in [4.69, 9.17) is 15.1 Å². The van der Waals surface area contributed by atoms with E-state index >= 15 is 0 Å². The second-order valence-electron chi connectivity index (χ2n) is 2.90. The van der Waals surface area contributed by atoms with Crippen LogP contribution in [0.15, 0.2) is 12.1 Å². The quantitative estimate of drug-likeness (QED) is 0.802. The van der Waals surface area contributed by atoms with E-state index in [0.29, 0.717) is 12.1 Å². The molecule has 3 nitrogen and oxygen atoms in total. The van der Waals surface area contributed by atoms with E-state index in [-0.39, 0.29) is 18.8 Å². The lowest BCUT2D eigenvalue weighted by molar-refractivity contribution is 0.0577. The molecule has 0 aliphatic rings. The minimum absolute atomic E-state index is 0.132. The molecule has 0 radical (unpaired) electrons.